The smallest absolute Gasteiger partial charge is 0.220 e. The number of nitrogens with one attached hydrogen (secondary N) is 4. The van der Waals surface area contributed by atoms with Crippen LogP contribution in [-0.2, 0) is 19.2 Å². The van der Waals surface area contributed by atoms with Crippen molar-refractivity contribution in [3.63, 3.8) is 0 Å². The zero-order valence-electron chi connectivity index (χ0n) is 65.9. The summed E-state index contributed by atoms with van der Waals surface area (Å²) in [6, 6.07) is 0. The molecule has 0 unspecified atom stereocenters. The summed E-state index contributed by atoms with van der Waals surface area (Å²) < 4.78 is 0. The van der Waals surface area contributed by atoms with Crippen LogP contribution >= 0.6 is 0 Å². The van der Waals surface area contributed by atoms with Crippen molar-refractivity contribution in [1.29, 1.82) is 0 Å². The second-order valence-corrected chi connectivity index (χ2v) is 25.5. The molecule has 0 radical (unpaired) electrons. The van der Waals surface area contributed by atoms with Gasteiger partial charge in [0.25, 0.3) is 0 Å². The summed E-state index contributed by atoms with van der Waals surface area (Å²) in [5.41, 5.74) is 0. The van der Waals surface area contributed by atoms with Crippen molar-refractivity contribution in [3.05, 3.63) is 267 Å². The van der Waals surface area contributed by atoms with E-state index in [1.165, 1.54) is 0 Å². The number of hydrogen-bond donors (Lipinski definition) is 5. The Morgan fingerprint density at radius 3 is 0.606 bits per heavy atom. The highest BCUT2D eigenvalue weighted by molar-refractivity contribution is 5.77. The van der Waals surface area contributed by atoms with E-state index in [0.717, 1.165) is 193 Å². The molecule has 576 valence electrons. The van der Waals surface area contributed by atoms with E-state index in [0.29, 0.717) is 51.6 Å². The van der Waals surface area contributed by atoms with Crippen molar-refractivity contribution in [2.24, 2.45) is 5.92 Å². The van der Waals surface area contributed by atoms with E-state index in [1.54, 1.807) is 0 Å². The molecule has 0 heterocycles. The number of unbranched alkanes of at least 4 members (excludes halogenated alkanes) is 6. The van der Waals surface area contributed by atoms with E-state index < -0.39 is 6.10 Å². The molecule has 4 amide bonds. The van der Waals surface area contributed by atoms with E-state index in [9.17, 15) is 24.3 Å². The normalized spacial score (nSPS) is 13.2. The second kappa shape index (κ2) is 87.5. The molecule has 0 rings (SSSR count). The third-order valence-corrected chi connectivity index (χ3v) is 15.5. The Morgan fingerprint density at radius 2 is 0.394 bits per heavy atom. The molecule has 0 aliphatic heterocycles. The molecular formula is C95H146N4O5. The lowest BCUT2D eigenvalue weighted by Crippen LogP contribution is -2.39. The van der Waals surface area contributed by atoms with Gasteiger partial charge < -0.3 is 26.4 Å². The third-order valence-electron chi connectivity index (χ3n) is 15.5. The summed E-state index contributed by atoms with van der Waals surface area (Å²) in [6.45, 7) is 12.1. The number of hydrogen-bond acceptors (Lipinski definition) is 5. The Hall–Kier alpha value is -7.88. The molecule has 9 heteroatoms. The first-order chi connectivity index (χ1) is 51.2. The van der Waals surface area contributed by atoms with Gasteiger partial charge in [-0.3, -0.25) is 19.2 Å². The maximum atomic E-state index is 12.2. The Kier molecular flexibility index (Phi) is 82.6. The molecule has 0 saturated heterocycles. The lowest BCUT2D eigenvalue weighted by atomic mass is 10.1. The van der Waals surface area contributed by atoms with Gasteiger partial charge in [-0.1, -0.05) is 315 Å². The molecule has 0 bridgehead atoms. The average Bonchev–Trinajstić information content (AvgIpc) is 2.69. The zero-order valence-corrected chi connectivity index (χ0v) is 65.9. The Balaban J connectivity index is 0. The number of allylic oxidation sites excluding steroid dienone is 44. The van der Waals surface area contributed by atoms with E-state index in [4.69, 9.17) is 0 Å². The predicted molar refractivity (Wildman–Crippen MR) is 457 cm³/mol. The molecule has 0 spiro atoms. The minimum atomic E-state index is -0.815. The molecule has 0 aromatic rings. The Bertz CT molecular complexity index is 2540. The first-order valence-electron chi connectivity index (χ1n) is 40.2. The fraction of sp³-hybridized carbons (Fsp3) is 0.495. The lowest BCUT2D eigenvalue weighted by molar-refractivity contribution is -0.123. The molecule has 0 atom stereocenters. The summed E-state index contributed by atoms with van der Waals surface area (Å²) in [7, 11) is 0. The van der Waals surface area contributed by atoms with E-state index in [-0.39, 0.29) is 42.6 Å². The van der Waals surface area contributed by atoms with Crippen LogP contribution in [0, 0.1) is 5.92 Å². The molecule has 0 aliphatic rings. The summed E-state index contributed by atoms with van der Waals surface area (Å²) in [5, 5.41) is 21.7. The highest BCUT2D eigenvalue weighted by Crippen LogP contribution is 2.09. The zero-order chi connectivity index (χ0) is 75.7. The molecule has 104 heavy (non-hydrogen) atoms. The minimum absolute atomic E-state index is 0.109. The van der Waals surface area contributed by atoms with Crippen LogP contribution in [0.15, 0.2) is 267 Å². The van der Waals surface area contributed by atoms with Crippen molar-refractivity contribution in [1.82, 2.24) is 21.3 Å². The topological polar surface area (TPSA) is 137 Å². The average molecular weight is 1420 g/mol. The van der Waals surface area contributed by atoms with Crippen molar-refractivity contribution in [3.8, 4) is 0 Å². The summed E-state index contributed by atoms with van der Waals surface area (Å²) in [4.78, 5) is 48.6. The van der Waals surface area contributed by atoms with Crippen LogP contribution in [0.4, 0.5) is 0 Å². The fourth-order valence-corrected chi connectivity index (χ4v) is 9.43. The third kappa shape index (κ3) is 88.3. The van der Waals surface area contributed by atoms with Gasteiger partial charge in [-0.2, -0.15) is 0 Å². The van der Waals surface area contributed by atoms with Gasteiger partial charge in [0.15, 0.2) is 0 Å². The molecule has 0 aromatic heterocycles. The van der Waals surface area contributed by atoms with Gasteiger partial charge in [-0.15, -0.1) is 0 Å². The SMILES string of the molecule is CC/C=C\C/C=C\C/C=C\C/C=C\C/C=C\C/C=C\CCC(=O)NCC(O)CNC(=O)CC/C=C\C/C=C\C/C=C\C/C=C\C/C=C\C/C=C\CC.CC/C=C\C/C=C\C/C=C\C/C=C\C/C=C\CCCCCC(=O)NCC(C)CNC(=O)CCCCC/C=C\C/C=C\C/C=C\C/C=C\C/C=C\CC. The van der Waals surface area contributed by atoms with E-state index >= 15 is 0 Å². The molecular weight excluding hydrogens is 1280 g/mol. The standard InChI is InChI=1S/C48H76N2O2.C47H70N2O3/c1-4-6-8-10-12-14-16-18-20-22-24-26-28-30-32-34-36-38-40-42-47(51)49-44-46(3)45-50-48(52)43-41-39-37-35-33-31-29-27-25-23-21-19-17-15-13-11-9-7-5-2;1-3-5-7-9-11-13-15-17-19-21-23-25-27-29-31-33-35-37-39-41-46(51)48-43-45(50)44-49-47(52)42-40-38-36-34-32-30-28-26-24-22-20-18-16-14-12-10-8-6-4-2/h6-9,12-15,18-21,24-27,30-33,46H,4-5,10-11,16-17,22-23,28-29,34-45H2,1-3H3,(H,49,51)(H,50,52);5-8,11-14,17-20,23-26,29-32,35-38,45,50H,3-4,9-10,15-16,21-22,27-28,33-34,39-44H2,1-2H3,(H,48,51)(H,49,52)/b8-6-,9-7-,14-12-,15-13-,20-18-,21-19-,26-24-,27-25-,32-30-,33-31-;7-5-,8-6-,13-11-,14-12-,19-17-,20-18-,25-23-,26-24-,31-29-,32-30-,37-35-,38-36-. The number of carbonyl (C=O) groups is 4. The van der Waals surface area contributed by atoms with E-state index in [2.05, 4.69) is 311 Å². The number of amides is 4. The fourth-order valence-electron chi connectivity index (χ4n) is 9.43. The van der Waals surface area contributed by atoms with Crippen LogP contribution in [0.2, 0.25) is 0 Å². The van der Waals surface area contributed by atoms with Gasteiger partial charge in [-0.05, 0) is 199 Å². The van der Waals surface area contributed by atoms with Crippen molar-refractivity contribution < 1.29 is 24.3 Å². The van der Waals surface area contributed by atoms with Crippen LogP contribution in [0.3, 0.4) is 0 Å². The molecule has 9 nitrogen and oxygen atoms in total. The van der Waals surface area contributed by atoms with Crippen LogP contribution in [-0.4, -0.2) is 61.0 Å². The van der Waals surface area contributed by atoms with Crippen molar-refractivity contribution >= 4 is 23.6 Å². The number of aliphatic hydroxyl groups excluding tert-OH is 1. The molecule has 0 aliphatic carbocycles. The van der Waals surface area contributed by atoms with Crippen LogP contribution < -0.4 is 21.3 Å². The van der Waals surface area contributed by atoms with Gasteiger partial charge >= 0.3 is 0 Å². The number of aliphatic hydroxyl groups is 1. The van der Waals surface area contributed by atoms with Crippen molar-refractivity contribution in [2.45, 2.75) is 272 Å². The maximum Gasteiger partial charge on any atom is 0.220 e. The highest BCUT2D eigenvalue weighted by Gasteiger charge is 2.10. The summed E-state index contributed by atoms with van der Waals surface area (Å²) in [6.07, 6.45) is 129. The highest BCUT2D eigenvalue weighted by atomic mass is 16.3. The lowest BCUT2D eigenvalue weighted by Gasteiger charge is -2.14. The van der Waals surface area contributed by atoms with Gasteiger partial charge in [0.2, 0.25) is 23.6 Å². The quantitative estimate of drug-likeness (QED) is 0.0305. The molecule has 0 saturated carbocycles. The van der Waals surface area contributed by atoms with Gasteiger partial charge in [0.05, 0.1) is 6.10 Å². The summed E-state index contributed by atoms with van der Waals surface area (Å²) >= 11 is 0. The second-order valence-electron chi connectivity index (χ2n) is 25.5. The minimum Gasteiger partial charge on any atom is -0.389 e. The van der Waals surface area contributed by atoms with Crippen LogP contribution in [0.1, 0.15) is 266 Å². The van der Waals surface area contributed by atoms with Gasteiger partial charge in [0.1, 0.15) is 0 Å². The number of rotatable bonds is 66. The molecule has 0 fully saturated rings. The summed E-state index contributed by atoms with van der Waals surface area (Å²) in [5.74, 6) is 0.227. The van der Waals surface area contributed by atoms with Gasteiger partial charge in [-0.25, -0.2) is 0 Å². The maximum absolute atomic E-state index is 12.2. The first-order valence-corrected chi connectivity index (χ1v) is 40.2. The van der Waals surface area contributed by atoms with Crippen LogP contribution in [0.5, 0.6) is 0 Å². The Morgan fingerprint density at radius 1 is 0.221 bits per heavy atom. The Labute approximate surface area is 637 Å². The van der Waals surface area contributed by atoms with E-state index in [1.807, 2.05) is 12.2 Å². The molecule has 0 aromatic carbocycles. The van der Waals surface area contributed by atoms with Crippen LogP contribution in [0.25, 0.3) is 0 Å². The predicted octanol–water partition coefficient (Wildman–Crippen LogP) is 24.8. The largest absolute Gasteiger partial charge is 0.389 e. The monoisotopic (exact) mass is 1420 g/mol. The first kappa shape index (κ1) is 98.2. The van der Waals surface area contributed by atoms with Crippen molar-refractivity contribution in [2.75, 3.05) is 26.2 Å². The van der Waals surface area contributed by atoms with Gasteiger partial charge in [0, 0.05) is 51.9 Å². The number of carbonyl (C=O) groups excluding carboxylic acids is 4. The molecule has 5 N–H and O–H groups in total.